The Kier molecular flexibility index (Phi) is 17.5. The van der Waals surface area contributed by atoms with Gasteiger partial charge in [0, 0.05) is 6.61 Å². The molecular weight excluding hydrogens is 344 g/mol. The average Bonchev–Trinajstić information content (AvgIpc) is 2.73. The van der Waals surface area contributed by atoms with Gasteiger partial charge >= 0.3 is 0 Å². The van der Waals surface area contributed by atoms with Crippen LogP contribution in [0.3, 0.4) is 0 Å². The number of hydrogen-bond acceptors (Lipinski definition) is 2. The van der Waals surface area contributed by atoms with E-state index in [0.29, 0.717) is 6.61 Å². The van der Waals surface area contributed by atoms with Gasteiger partial charge in [-0.05, 0) is 18.4 Å². The number of benzene rings is 1. The SMILES string of the molecule is CCCCCCCCCCCCCCC(COCCC)OCc1ccccc1. The largest absolute Gasteiger partial charge is 0.379 e. The van der Waals surface area contributed by atoms with E-state index in [1.807, 2.05) is 0 Å². The van der Waals surface area contributed by atoms with E-state index < -0.39 is 0 Å². The first-order chi connectivity index (χ1) is 13.9. The van der Waals surface area contributed by atoms with Gasteiger partial charge < -0.3 is 9.47 Å². The highest BCUT2D eigenvalue weighted by Crippen LogP contribution is 2.15. The highest BCUT2D eigenvalue weighted by molar-refractivity contribution is 5.13. The van der Waals surface area contributed by atoms with Gasteiger partial charge in [-0.2, -0.15) is 0 Å². The molecule has 162 valence electrons. The predicted octanol–water partition coefficient (Wildman–Crippen LogP) is 8.09. The number of ether oxygens (including phenoxy) is 2. The van der Waals surface area contributed by atoms with Gasteiger partial charge in [0.15, 0.2) is 0 Å². The summed E-state index contributed by atoms with van der Waals surface area (Å²) >= 11 is 0. The van der Waals surface area contributed by atoms with E-state index in [-0.39, 0.29) is 6.10 Å². The molecule has 28 heavy (non-hydrogen) atoms. The van der Waals surface area contributed by atoms with Crippen molar-refractivity contribution in [1.82, 2.24) is 0 Å². The molecule has 0 saturated carbocycles. The molecule has 2 nitrogen and oxygen atoms in total. The molecule has 0 aromatic heterocycles. The Bertz CT molecular complexity index is 418. The van der Waals surface area contributed by atoms with Gasteiger partial charge in [0.25, 0.3) is 0 Å². The Morgan fingerprint density at radius 2 is 1.25 bits per heavy atom. The van der Waals surface area contributed by atoms with Crippen LogP contribution in [0.4, 0.5) is 0 Å². The fourth-order valence-corrected chi connectivity index (χ4v) is 3.58. The molecule has 1 rings (SSSR count). The van der Waals surface area contributed by atoms with Crippen LogP contribution in [0.1, 0.15) is 109 Å². The maximum absolute atomic E-state index is 6.15. The molecule has 0 aliphatic heterocycles. The second kappa shape index (κ2) is 19.5. The van der Waals surface area contributed by atoms with E-state index in [1.54, 1.807) is 0 Å². The van der Waals surface area contributed by atoms with Crippen LogP contribution >= 0.6 is 0 Å². The van der Waals surface area contributed by atoms with Gasteiger partial charge in [-0.3, -0.25) is 0 Å². The summed E-state index contributed by atoms with van der Waals surface area (Å²) in [5.74, 6) is 0. The molecule has 0 heterocycles. The third-order valence-electron chi connectivity index (χ3n) is 5.36. The lowest BCUT2D eigenvalue weighted by atomic mass is 10.0. The second-order valence-electron chi connectivity index (χ2n) is 8.17. The standard InChI is InChI=1S/C26H46O2/c1-3-5-6-7-8-9-10-11-12-13-14-18-21-26(24-27-22-4-2)28-23-25-19-16-15-17-20-25/h15-17,19-20,26H,3-14,18,21-24H2,1-2H3. The van der Waals surface area contributed by atoms with Gasteiger partial charge in [0.05, 0.1) is 19.3 Å². The van der Waals surface area contributed by atoms with E-state index in [2.05, 4.69) is 44.2 Å². The molecule has 0 N–H and O–H groups in total. The van der Waals surface area contributed by atoms with Crippen LogP contribution in [0, 0.1) is 0 Å². The van der Waals surface area contributed by atoms with Crippen molar-refractivity contribution in [2.45, 2.75) is 116 Å². The minimum absolute atomic E-state index is 0.231. The molecule has 0 spiro atoms. The smallest absolute Gasteiger partial charge is 0.0813 e. The van der Waals surface area contributed by atoms with Crippen LogP contribution < -0.4 is 0 Å². The molecule has 1 aromatic rings. The van der Waals surface area contributed by atoms with Crippen molar-refractivity contribution < 1.29 is 9.47 Å². The summed E-state index contributed by atoms with van der Waals surface area (Å²) < 4.78 is 11.9. The van der Waals surface area contributed by atoms with Crippen LogP contribution in [0.25, 0.3) is 0 Å². The van der Waals surface area contributed by atoms with Crippen LogP contribution in [-0.2, 0) is 16.1 Å². The van der Waals surface area contributed by atoms with Crippen molar-refractivity contribution >= 4 is 0 Å². The lowest BCUT2D eigenvalue weighted by molar-refractivity contribution is -0.0295. The van der Waals surface area contributed by atoms with Gasteiger partial charge in [0.1, 0.15) is 0 Å². The fourth-order valence-electron chi connectivity index (χ4n) is 3.58. The molecule has 0 aliphatic carbocycles. The van der Waals surface area contributed by atoms with Crippen molar-refractivity contribution in [3.63, 3.8) is 0 Å². The van der Waals surface area contributed by atoms with Crippen LogP contribution in [0.15, 0.2) is 30.3 Å². The van der Waals surface area contributed by atoms with Crippen molar-refractivity contribution in [1.29, 1.82) is 0 Å². The van der Waals surface area contributed by atoms with E-state index in [4.69, 9.17) is 9.47 Å². The van der Waals surface area contributed by atoms with Gasteiger partial charge in [0.2, 0.25) is 0 Å². The molecule has 0 fully saturated rings. The number of rotatable bonds is 20. The van der Waals surface area contributed by atoms with Gasteiger partial charge in [-0.15, -0.1) is 0 Å². The zero-order valence-electron chi connectivity index (χ0n) is 18.8. The minimum atomic E-state index is 0.231. The Labute approximate surface area is 175 Å². The highest BCUT2D eigenvalue weighted by Gasteiger charge is 2.09. The topological polar surface area (TPSA) is 18.5 Å². The Hall–Kier alpha value is -0.860. The molecule has 2 heteroatoms. The first-order valence-electron chi connectivity index (χ1n) is 12.1. The minimum Gasteiger partial charge on any atom is -0.379 e. The predicted molar refractivity (Wildman–Crippen MR) is 122 cm³/mol. The van der Waals surface area contributed by atoms with Crippen LogP contribution in [0.5, 0.6) is 0 Å². The lowest BCUT2D eigenvalue weighted by Crippen LogP contribution is -2.20. The summed E-state index contributed by atoms with van der Waals surface area (Å²) in [4.78, 5) is 0. The Morgan fingerprint density at radius 3 is 1.82 bits per heavy atom. The van der Waals surface area contributed by atoms with Gasteiger partial charge in [-0.25, -0.2) is 0 Å². The zero-order chi connectivity index (χ0) is 20.1. The van der Waals surface area contributed by atoms with Crippen LogP contribution in [-0.4, -0.2) is 19.3 Å². The first-order valence-corrected chi connectivity index (χ1v) is 12.1. The summed E-state index contributed by atoms with van der Waals surface area (Å²) in [6.45, 7) is 6.71. The van der Waals surface area contributed by atoms with E-state index in [1.165, 1.54) is 82.6 Å². The maximum Gasteiger partial charge on any atom is 0.0813 e. The monoisotopic (exact) mass is 390 g/mol. The van der Waals surface area contributed by atoms with Crippen molar-refractivity contribution in [3.8, 4) is 0 Å². The Balaban J connectivity index is 2.03. The number of hydrogen-bond donors (Lipinski definition) is 0. The molecule has 1 unspecified atom stereocenters. The lowest BCUT2D eigenvalue weighted by Gasteiger charge is -2.18. The fraction of sp³-hybridized carbons (Fsp3) is 0.769. The molecular formula is C26H46O2. The Morgan fingerprint density at radius 1 is 0.679 bits per heavy atom. The van der Waals surface area contributed by atoms with Crippen LogP contribution in [0.2, 0.25) is 0 Å². The summed E-state index contributed by atoms with van der Waals surface area (Å²) in [7, 11) is 0. The maximum atomic E-state index is 6.15. The third-order valence-corrected chi connectivity index (χ3v) is 5.36. The first kappa shape index (κ1) is 25.2. The van der Waals surface area contributed by atoms with E-state index >= 15 is 0 Å². The molecule has 0 aliphatic rings. The summed E-state index contributed by atoms with van der Waals surface area (Å²) in [5.41, 5.74) is 1.25. The van der Waals surface area contributed by atoms with Crippen molar-refractivity contribution in [2.75, 3.05) is 13.2 Å². The molecule has 0 radical (unpaired) electrons. The average molecular weight is 391 g/mol. The van der Waals surface area contributed by atoms with E-state index in [0.717, 1.165) is 26.1 Å². The van der Waals surface area contributed by atoms with E-state index in [9.17, 15) is 0 Å². The number of unbranched alkanes of at least 4 members (excludes halogenated alkanes) is 11. The van der Waals surface area contributed by atoms with Crippen molar-refractivity contribution in [3.05, 3.63) is 35.9 Å². The zero-order valence-corrected chi connectivity index (χ0v) is 18.8. The highest BCUT2D eigenvalue weighted by atomic mass is 16.5. The molecule has 1 aromatic carbocycles. The molecule has 0 saturated heterocycles. The molecule has 0 amide bonds. The molecule has 1 atom stereocenters. The molecule has 0 bridgehead atoms. The normalized spacial score (nSPS) is 12.4. The quantitative estimate of drug-likeness (QED) is 0.209. The summed E-state index contributed by atoms with van der Waals surface area (Å²) in [6.07, 6.45) is 19.2. The summed E-state index contributed by atoms with van der Waals surface area (Å²) in [5, 5.41) is 0. The van der Waals surface area contributed by atoms with Crippen molar-refractivity contribution in [2.24, 2.45) is 0 Å². The third kappa shape index (κ3) is 15.1. The van der Waals surface area contributed by atoms with Gasteiger partial charge in [-0.1, -0.05) is 121 Å². The second-order valence-corrected chi connectivity index (χ2v) is 8.17. The summed E-state index contributed by atoms with van der Waals surface area (Å²) in [6, 6.07) is 10.5.